The molecule has 0 radical (unpaired) electrons. The summed E-state index contributed by atoms with van der Waals surface area (Å²) in [4.78, 5) is 37.6. The number of carbonyl (C=O) groups excluding carboxylic acids is 2. The number of benzene rings is 2. The molecule has 4 rings (SSSR count). The maximum absolute atomic E-state index is 14.1. The third kappa shape index (κ3) is 5.50. The van der Waals surface area contributed by atoms with Crippen molar-refractivity contribution in [2.75, 3.05) is 0 Å². The van der Waals surface area contributed by atoms with Crippen LogP contribution in [-0.4, -0.2) is 33.0 Å². The van der Waals surface area contributed by atoms with Crippen LogP contribution in [0.25, 0.3) is 22.8 Å². The minimum Gasteiger partial charge on any atom is -0.390 e. The molecule has 0 saturated heterocycles. The second-order valence-electron chi connectivity index (χ2n) is 9.63. The molecule has 0 aliphatic heterocycles. The number of halogens is 4. The van der Waals surface area contributed by atoms with Crippen LogP contribution in [0.2, 0.25) is 5.02 Å². The van der Waals surface area contributed by atoms with Gasteiger partial charge in [0, 0.05) is 16.7 Å². The molecule has 1 aliphatic carbocycles. The molecule has 38 heavy (non-hydrogen) atoms. The number of ether oxygens (including phenoxy) is 1. The molecular formula is C27H26ClF3N4O3. The van der Waals surface area contributed by atoms with Crippen LogP contribution in [0.5, 0.6) is 6.01 Å². The zero-order valence-electron chi connectivity index (χ0n) is 20.8. The van der Waals surface area contributed by atoms with E-state index in [1.165, 1.54) is 18.2 Å². The highest BCUT2D eigenvalue weighted by Crippen LogP contribution is 2.49. The van der Waals surface area contributed by atoms with Gasteiger partial charge in [-0.15, -0.1) is 0 Å². The third-order valence-electron chi connectivity index (χ3n) is 6.74. The molecule has 0 unspecified atom stereocenters. The smallest absolute Gasteiger partial charge is 0.390 e. The quantitative estimate of drug-likeness (QED) is 0.354. The van der Waals surface area contributed by atoms with E-state index in [2.05, 4.69) is 15.0 Å². The van der Waals surface area contributed by atoms with Gasteiger partial charge in [0.1, 0.15) is 0 Å². The van der Waals surface area contributed by atoms with E-state index in [1.54, 1.807) is 12.1 Å². The molecule has 2 aromatic carbocycles. The molecule has 1 saturated carbocycles. The van der Waals surface area contributed by atoms with Gasteiger partial charge < -0.3 is 10.5 Å². The van der Waals surface area contributed by atoms with Crippen LogP contribution in [0.1, 0.15) is 67.8 Å². The van der Waals surface area contributed by atoms with Crippen LogP contribution < -0.4 is 10.5 Å². The summed E-state index contributed by atoms with van der Waals surface area (Å²) < 4.78 is 47.6. The van der Waals surface area contributed by atoms with Crippen LogP contribution >= 0.6 is 11.6 Å². The molecule has 200 valence electrons. The lowest BCUT2D eigenvalue weighted by molar-refractivity contribution is -0.237. The molecule has 1 aromatic heterocycles. The number of nitrogens with two attached hydrogens (primary N) is 1. The van der Waals surface area contributed by atoms with Crippen LogP contribution in [-0.2, 0) is 4.79 Å². The van der Waals surface area contributed by atoms with E-state index < -0.39 is 29.5 Å². The number of amides is 1. The lowest BCUT2D eigenvalue weighted by Crippen LogP contribution is -2.48. The zero-order valence-corrected chi connectivity index (χ0v) is 21.6. The first kappa shape index (κ1) is 27.5. The van der Waals surface area contributed by atoms with Crippen molar-refractivity contribution in [3.8, 4) is 28.8 Å². The molecule has 1 heterocycles. The fourth-order valence-electron chi connectivity index (χ4n) is 4.48. The Bertz CT molecular complexity index is 1370. The predicted octanol–water partition coefficient (Wildman–Crippen LogP) is 6.50. The van der Waals surface area contributed by atoms with Gasteiger partial charge in [-0.25, -0.2) is 4.98 Å². The Morgan fingerprint density at radius 1 is 1.00 bits per heavy atom. The average Bonchev–Trinajstić information content (AvgIpc) is 2.88. The number of rotatable bonds is 6. The fourth-order valence-corrected chi connectivity index (χ4v) is 4.68. The highest BCUT2D eigenvalue weighted by Gasteiger charge is 2.61. The summed E-state index contributed by atoms with van der Waals surface area (Å²) in [6.07, 6.45) is -4.44. The first-order valence-corrected chi connectivity index (χ1v) is 12.5. The standard InChI is InChI=1S/C27H26ClF3N4O3/c1-15(2)16-7-6-8-18(13-16)22-33-23(19-14-17(21(32)36)9-10-20(19)28)35-25(34-22)38-24(37)26(27(29,30)31)11-4-3-5-12-26/h6-10,13-15H,3-5,11-12H2,1-2H3,(H2,32,36). The van der Waals surface area contributed by atoms with Crippen LogP contribution in [0.3, 0.4) is 0 Å². The minimum absolute atomic E-state index is 0.0607. The van der Waals surface area contributed by atoms with Gasteiger partial charge in [-0.2, -0.15) is 23.1 Å². The summed E-state index contributed by atoms with van der Waals surface area (Å²) in [5, 5.41) is 0.152. The van der Waals surface area contributed by atoms with Crippen molar-refractivity contribution in [3.05, 3.63) is 58.6 Å². The molecule has 11 heteroatoms. The molecule has 0 atom stereocenters. The first-order valence-electron chi connectivity index (χ1n) is 12.2. The molecule has 0 spiro atoms. The monoisotopic (exact) mass is 546 g/mol. The van der Waals surface area contributed by atoms with Gasteiger partial charge in [0.15, 0.2) is 17.1 Å². The van der Waals surface area contributed by atoms with Crippen molar-refractivity contribution < 1.29 is 27.5 Å². The number of carbonyl (C=O) groups is 2. The minimum atomic E-state index is -4.80. The number of aromatic nitrogens is 3. The summed E-state index contributed by atoms with van der Waals surface area (Å²) >= 11 is 6.35. The van der Waals surface area contributed by atoms with E-state index in [9.17, 15) is 22.8 Å². The Kier molecular flexibility index (Phi) is 7.73. The first-order chi connectivity index (χ1) is 17.9. The van der Waals surface area contributed by atoms with Gasteiger partial charge >= 0.3 is 18.2 Å². The number of hydrogen-bond acceptors (Lipinski definition) is 6. The normalized spacial score (nSPS) is 15.3. The molecule has 2 N–H and O–H groups in total. The fraction of sp³-hybridized carbons (Fsp3) is 0.370. The maximum atomic E-state index is 14.1. The van der Waals surface area contributed by atoms with E-state index >= 15 is 0 Å². The number of hydrogen-bond donors (Lipinski definition) is 1. The zero-order chi connectivity index (χ0) is 27.7. The third-order valence-corrected chi connectivity index (χ3v) is 7.07. The number of esters is 1. The van der Waals surface area contributed by atoms with Crippen molar-refractivity contribution in [1.82, 2.24) is 15.0 Å². The Balaban J connectivity index is 1.85. The van der Waals surface area contributed by atoms with Gasteiger partial charge in [-0.05, 0) is 48.6 Å². The predicted molar refractivity (Wildman–Crippen MR) is 136 cm³/mol. The van der Waals surface area contributed by atoms with Gasteiger partial charge in [-0.3, -0.25) is 9.59 Å². The summed E-state index contributed by atoms with van der Waals surface area (Å²) in [7, 11) is 0. The molecule has 7 nitrogen and oxygen atoms in total. The maximum Gasteiger partial charge on any atom is 0.404 e. The van der Waals surface area contributed by atoms with Crippen LogP contribution in [0.15, 0.2) is 42.5 Å². The van der Waals surface area contributed by atoms with Gasteiger partial charge in [0.25, 0.3) is 0 Å². The molecular weight excluding hydrogens is 521 g/mol. The number of nitrogens with zero attached hydrogens (tertiary/aromatic N) is 3. The lowest BCUT2D eigenvalue weighted by atomic mass is 9.73. The molecule has 1 amide bonds. The molecule has 1 fully saturated rings. The van der Waals surface area contributed by atoms with Crippen LogP contribution in [0, 0.1) is 5.41 Å². The van der Waals surface area contributed by atoms with Gasteiger partial charge in [0.2, 0.25) is 5.91 Å². The Labute approximate surface area is 222 Å². The number of alkyl halides is 3. The second-order valence-corrected chi connectivity index (χ2v) is 10.0. The molecule has 3 aromatic rings. The summed E-state index contributed by atoms with van der Waals surface area (Å²) in [6.45, 7) is 4.00. The highest BCUT2D eigenvalue weighted by molar-refractivity contribution is 6.33. The van der Waals surface area contributed by atoms with Crippen molar-refractivity contribution in [2.24, 2.45) is 11.1 Å². The van der Waals surface area contributed by atoms with Crippen molar-refractivity contribution in [2.45, 2.75) is 58.0 Å². The largest absolute Gasteiger partial charge is 0.404 e. The topological polar surface area (TPSA) is 108 Å². The Hall–Kier alpha value is -3.53. The van der Waals surface area contributed by atoms with E-state index in [4.69, 9.17) is 22.1 Å². The highest BCUT2D eigenvalue weighted by atomic mass is 35.5. The molecule has 1 aliphatic rings. The summed E-state index contributed by atoms with van der Waals surface area (Å²) in [5.74, 6) is -2.04. The Morgan fingerprint density at radius 3 is 2.32 bits per heavy atom. The van der Waals surface area contributed by atoms with Crippen LogP contribution in [0.4, 0.5) is 13.2 Å². The van der Waals surface area contributed by atoms with Gasteiger partial charge in [0.05, 0.1) is 5.02 Å². The SMILES string of the molecule is CC(C)c1cccc(-c2nc(OC(=O)C3(C(F)(F)F)CCCCC3)nc(-c3cc(C(N)=O)ccc3Cl)n2)c1. The molecule has 0 bridgehead atoms. The van der Waals surface area contributed by atoms with E-state index in [1.807, 2.05) is 26.0 Å². The average molecular weight is 547 g/mol. The summed E-state index contributed by atoms with van der Waals surface area (Å²) in [5.41, 5.74) is 4.55. The summed E-state index contributed by atoms with van der Waals surface area (Å²) in [6, 6.07) is 10.9. The Morgan fingerprint density at radius 2 is 1.68 bits per heavy atom. The van der Waals surface area contributed by atoms with E-state index in [-0.39, 0.29) is 59.4 Å². The number of primary amides is 1. The second kappa shape index (κ2) is 10.7. The van der Waals surface area contributed by atoms with E-state index in [0.29, 0.717) is 12.0 Å². The van der Waals surface area contributed by atoms with Crippen molar-refractivity contribution in [3.63, 3.8) is 0 Å². The van der Waals surface area contributed by atoms with Crippen molar-refractivity contribution >= 4 is 23.5 Å². The van der Waals surface area contributed by atoms with Crippen molar-refractivity contribution in [1.29, 1.82) is 0 Å². The van der Waals surface area contributed by atoms with Gasteiger partial charge in [-0.1, -0.05) is 62.9 Å². The van der Waals surface area contributed by atoms with E-state index in [0.717, 1.165) is 5.56 Å². The lowest BCUT2D eigenvalue weighted by Gasteiger charge is -2.35.